The highest BCUT2D eigenvalue weighted by molar-refractivity contribution is 5.81. The lowest BCUT2D eigenvalue weighted by Crippen LogP contribution is -2.42. The quantitative estimate of drug-likeness (QED) is 0.634. The number of nitrogens with one attached hydrogen (secondary N) is 1. The molecule has 0 aliphatic heterocycles. The Morgan fingerprint density at radius 1 is 1.11 bits per heavy atom. The number of hydrogen-bond acceptors (Lipinski definition) is 4. The Bertz CT molecular complexity index is 784. The van der Waals surface area contributed by atoms with E-state index < -0.39 is 6.10 Å². The lowest BCUT2D eigenvalue weighted by atomic mass is 10.1. The number of carbonyl (C=O) groups is 1. The fourth-order valence-corrected chi connectivity index (χ4v) is 2.89. The molecule has 5 heteroatoms. The van der Waals surface area contributed by atoms with E-state index in [1.807, 2.05) is 32.0 Å². The zero-order chi connectivity index (χ0) is 20.4. The van der Waals surface area contributed by atoms with Crippen LogP contribution in [0.4, 0.5) is 5.69 Å². The molecule has 28 heavy (non-hydrogen) atoms. The molecular weight excluding hydrogens is 350 g/mol. The number of hydrogen-bond donors (Lipinski definition) is 1. The van der Waals surface area contributed by atoms with Crippen molar-refractivity contribution in [1.29, 1.82) is 5.26 Å². The highest BCUT2D eigenvalue weighted by Gasteiger charge is 2.24. The summed E-state index contributed by atoms with van der Waals surface area (Å²) < 4.78 is 5.87. The minimum Gasteiger partial charge on any atom is -0.479 e. The van der Waals surface area contributed by atoms with Crippen LogP contribution < -0.4 is 15.0 Å². The first kappa shape index (κ1) is 21.3. The molecule has 5 nitrogen and oxygen atoms in total. The molecule has 2 aromatic rings. The Hall–Kier alpha value is -3.00. The van der Waals surface area contributed by atoms with E-state index in [4.69, 9.17) is 4.74 Å². The molecule has 2 aromatic carbocycles. The third kappa shape index (κ3) is 6.31. The highest BCUT2D eigenvalue weighted by Crippen LogP contribution is 2.20. The van der Waals surface area contributed by atoms with Crippen molar-refractivity contribution >= 4 is 11.6 Å². The summed E-state index contributed by atoms with van der Waals surface area (Å²) in [5, 5.41) is 12.2. The second kappa shape index (κ2) is 11.0. The van der Waals surface area contributed by atoms with E-state index in [1.54, 1.807) is 24.3 Å². The minimum atomic E-state index is -0.624. The number of nitrogens with zero attached hydrogens (tertiary/aromatic N) is 2. The number of unbranched alkanes of at least 4 members (excludes halogenated alkanes) is 1. The van der Waals surface area contributed by atoms with E-state index in [9.17, 15) is 10.1 Å². The van der Waals surface area contributed by atoms with Gasteiger partial charge in [-0.25, -0.2) is 0 Å². The van der Waals surface area contributed by atoms with Gasteiger partial charge in [-0.15, -0.1) is 0 Å². The maximum Gasteiger partial charge on any atom is 0.261 e. The lowest BCUT2D eigenvalue weighted by molar-refractivity contribution is -0.129. The zero-order valence-corrected chi connectivity index (χ0v) is 16.9. The summed E-state index contributed by atoms with van der Waals surface area (Å²) in [6.45, 7) is 5.41. The largest absolute Gasteiger partial charge is 0.479 e. The van der Waals surface area contributed by atoms with Crippen molar-refractivity contribution in [3.8, 4) is 11.8 Å². The molecule has 0 aliphatic rings. The van der Waals surface area contributed by atoms with E-state index in [1.165, 1.54) is 5.69 Å². The number of ether oxygens (including phenoxy) is 1. The van der Waals surface area contributed by atoms with Crippen LogP contribution in [0, 0.1) is 17.2 Å². The topological polar surface area (TPSA) is 65.4 Å². The van der Waals surface area contributed by atoms with Crippen LogP contribution in [0.1, 0.15) is 32.3 Å². The molecular formula is C23H29N3O2. The van der Waals surface area contributed by atoms with Gasteiger partial charge >= 0.3 is 0 Å². The first-order chi connectivity index (χ1) is 13.5. The summed E-state index contributed by atoms with van der Waals surface area (Å²) in [6.07, 6.45) is 1.25. The fourth-order valence-electron chi connectivity index (χ4n) is 2.89. The van der Waals surface area contributed by atoms with Crippen molar-refractivity contribution in [2.45, 2.75) is 32.8 Å². The van der Waals surface area contributed by atoms with E-state index in [0.29, 0.717) is 17.9 Å². The Morgan fingerprint density at radius 2 is 1.79 bits per heavy atom. The first-order valence-electron chi connectivity index (χ1n) is 9.72. The van der Waals surface area contributed by atoms with Crippen molar-refractivity contribution in [1.82, 2.24) is 5.32 Å². The monoisotopic (exact) mass is 379 g/mol. The molecule has 1 amide bonds. The van der Waals surface area contributed by atoms with Crippen LogP contribution in [0.3, 0.4) is 0 Å². The van der Waals surface area contributed by atoms with Crippen molar-refractivity contribution in [2.24, 2.45) is 5.92 Å². The summed E-state index contributed by atoms with van der Waals surface area (Å²) in [5.41, 5.74) is 1.63. The van der Waals surface area contributed by atoms with Gasteiger partial charge in [-0.2, -0.15) is 5.26 Å². The van der Waals surface area contributed by atoms with Gasteiger partial charge in [0, 0.05) is 25.8 Å². The number of amides is 1. The molecule has 0 saturated carbocycles. The standard InChI is InChI=1S/C23H29N3O2/c1-18(2)22(28-21-14-8-7-11-19(21)17-24)23(27)25-15-9-10-16-26(3)20-12-5-4-6-13-20/h4-8,11-14,18,22H,9-10,15-16H2,1-3H3,(H,25,27). The van der Waals surface area contributed by atoms with Gasteiger partial charge in [0.25, 0.3) is 5.91 Å². The molecule has 2 rings (SSSR count). The van der Waals surface area contributed by atoms with Gasteiger partial charge in [0.15, 0.2) is 6.10 Å². The van der Waals surface area contributed by atoms with E-state index >= 15 is 0 Å². The third-order valence-electron chi connectivity index (χ3n) is 4.54. The molecule has 148 valence electrons. The number of carbonyl (C=O) groups excluding carboxylic acids is 1. The predicted octanol–water partition coefficient (Wildman–Crippen LogP) is 3.99. The molecule has 1 unspecified atom stereocenters. The summed E-state index contributed by atoms with van der Waals surface area (Å²) in [5.74, 6) is 0.304. The Labute approximate surface area is 167 Å². The number of benzene rings is 2. The summed E-state index contributed by atoms with van der Waals surface area (Å²) in [4.78, 5) is 14.8. The van der Waals surface area contributed by atoms with Crippen LogP contribution in [0.15, 0.2) is 54.6 Å². The average Bonchev–Trinajstić information content (AvgIpc) is 2.72. The van der Waals surface area contributed by atoms with E-state index in [2.05, 4.69) is 35.5 Å². The maximum atomic E-state index is 12.6. The van der Waals surface area contributed by atoms with Gasteiger partial charge in [0.1, 0.15) is 11.8 Å². The van der Waals surface area contributed by atoms with Gasteiger partial charge in [-0.3, -0.25) is 4.79 Å². The van der Waals surface area contributed by atoms with Crippen LogP contribution in [-0.2, 0) is 4.79 Å². The molecule has 0 aliphatic carbocycles. The smallest absolute Gasteiger partial charge is 0.261 e. The second-order valence-electron chi connectivity index (χ2n) is 7.15. The molecule has 0 bridgehead atoms. The third-order valence-corrected chi connectivity index (χ3v) is 4.54. The Kier molecular flexibility index (Phi) is 8.36. The van der Waals surface area contributed by atoms with Gasteiger partial charge in [0.2, 0.25) is 0 Å². The van der Waals surface area contributed by atoms with Crippen molar-refractivity contribution in [3.63, 3.8) is 0 Å². The van der Waals surface area contributed by atoms with Gasteiger partial charge in [-0.1, -0.05) is 44.2 Å². The minimum absolute atomic E-state index is 0.00374. The average molecular weight is 380 g/mol. The van der Waals surface area contributed by atoms with Crippen LogP contribution in [-0.4, -0.2) is 32.1 Å². The molecule has 0 aromatic heterocycles. The molecule has 1 N–H and O–H groups in total. The molecule has 1 atom stereocenters. The summed E-state index contributed by atoms with van der Waals surface area (Å²) in [7, 11) is 2.07. The van der Waals surface area contributed by atoms with Gasteiger partial charge < -0.3 is 15.0 Å². The normalized spacial score (nSPS) is 11.5. The highest BCUT2D eigenvalue weighted by atomic mass is 16.5. The van der Waals surface area contributed by atoms with Crippen molar-refractivity contribution < 1.29 is 9.53 Å². The number of nitriles is 1. The lowest BCUT2D eigenvalue weighted by Gasteiger charge is -2.23. The number of rotatable bonds is 10. The van der Waals surface area contributed by atoms with Gasteiger partial charge in [-0.05, 0) is 43.0 Å². The van der Waals surface area contributed by atoms with Crippen molar-refractivity contribution in [2.75, 3.05) is 25.0 Å². The molecule has 0 heterocycles. The number of anilines is 1. The molecule has 0 saturated heterocycles. The van der Waals surface area contributed by atoms with Gasteiger partial charge in [0.05, 0.1) is 5.56 Å². The van der Waals surface area contributed by atoms with Crippen LogP contribution in [0.25, 0.3) is 0 Å². The summed E-state index contributed by atoms with van der Waals surface area (Å²) >= 11 is 0. The summed E-state index contributed by atoms with van der Waals surface area (Å²) in [6, 6.07) is 19.3. The SMILES string of the molecule is CC(C)C(Oc1ccccc1C#N)C(=O)NCCCCN(C)c1ccccc1. The number of para-hydroxylation sites is 2. The van der Waals surface area contributed by atoms with E-state index in [-0.39, 0.29) is 11.8 Å². The van der Waals surface area contributed by atoms with Crippen molar-refractivity contribution in [3.05, 3.63) is 60.2 Å². The fraction of sp³-hybridized carbons (Fsp3) is 0.391. The maximum absolute atomic E-state index is 12.6. The molecule has 0 radical (unpaired) electrons. The Morgan fingerprint density at radius 3 is 2.46 bits per heavy atom. The van der Waals surface area contributed by atoms with Crippen LogP contribution in [0.5, 0.6) is 5.75 Å². The van der Waals surface area contributed by atoms with Crippen LogP contribution in [0.2, 0.25) is 0 Å². The molecule has 0 spiro atoms. The van der Waals surface area contributed by atoms with E-state index in [0.717, 1.165) is 19.4 Å². The molecule has 0 fully saturated rings. The second-order valence-corrected chi connectivity index (χ2v) is 7.15. The van der Waals surface area contributed by atoms with Crippen LogP contribution >= 0.6 is 0 Å². The zero-order valence-electron chi connectivity index (χ0n) is 16.9. The first-order valence-corrected chi connectivity index (χ1v) is 9.72. The Balaban J connectivity index is 1.79. The predicted molar refractivity (Wildman–Crippen MR) is 112 cm³/mol.